The number of ether oxygens (including phenoxy) is 1. The minimum atomic E-state index is 0.652. The monoisotopic (exact) mass is 278 g/mol. The van der Waals surface area contributed by atoms with Crippen molar-refractivity contribution in [2.45, 2.75) is 19.0 Å². The predicted octanol–water partition coefficient (Wildman–Crippen LogP) is 0.958. The molecule has 0 aromatic carbocycles. The topological polar surface area (TPSA) is 40.6 Å². The Labute approximate surface area is 121 Å². The highest BCUT2D eigenvalue weighted by Gasteiger charge is 2.19. The highest BCUT2D eigenvalue weighted by atomic mass is 16.5. The van der Waals surface area contributed by atoms with Crippen LogP contribution in [0.3, 0.4) is 0 Å². The lowest BCUT2D eigenvalue weighted by Crippen LogP contribution is -2.32. The van der Waals surface area contributed by atoms with Crippen molar-refractivity contribution in [3.05, 3.63) is 23.9 Å². The fraction of sp³-hybridized carbons (Fsp3) is 0.667. The van der Waals surface area contributed by atoms with Gasteiger partial charge >= 0.3 is 0 Å². The van der Waals surface area contributed by atoms with Gasteiger partial charge in [0.2, 0.25) is 0 Å². The van der Waals surface area contributed by atoms with E-state index in [9.17, 15) is 0 Å². The van der Waals surface area contributed by atoms with E-state index in [1.807, 2.05) is 13.2 Å². The molecule has 0 spiro atoms. The van der Waals surface area contributed by atoms with E-state index in [0.29, 0.717) is 6.04 Å². The molecule has 1 N–H and O–H groups in total. The van der Waals surface area contributed by atoms with Crippen LogP contribution in [0.25, 0.3) is 0 Å². The van der Waals surface area contributed by atoms with Crippen molar-refractivity contribution >= 4 is 5.82 Å². The first kappa shape index (κ1) is 15.2. The zero-order valence-electron chi connectivity index (χ0n) is 12.8. The largest absolute Gasteiger partial charge is 0.383 e. The summed E-state index contributed by atoms with van der Waals surface area (Å²) in [6.07, 6.45) is 3.22. The van der Waals surface area contributed by atoms with Gasteiger partial charge in [-0.1, -0.05) is 6.07 Å². The van der Waals surface area contributed by atoms with Crippen LogP contribution in [0.5, 0.6) is 0 Å². The van der Waals surface area contributed by atoms with Gasteiger partial charge in [-0.25, -0.2) is 4.98 Å². The molecule has 5 heteroatoms. The van der Waals surface area contributed by atoms with E-state index < -0.39 is 0 Å². The predicted molar refractivity (Wildman–Crippen MR) is 82.1 cm³/mol. The quantitative estimate of drug-likeness (QED) is 0.804. The Bertz CT molecular complexity index is 389. The summed E-state index contributed by atoms with van der Waals surface area (Å²) in [5.74, 6) is 0.996. The summed E-state index contributed by atoms with van der Waals surface area (Å²) in [7, 11) is 5.95. The Balaban J connectivity index is 1.87. The third kappa shape index (κ3) is 4.16. The van der Waals surface area contributed by atoms with E-state index in [-0.39, 0.29) is 0 Å². The number of anilines is 1. The number of hydrogen-bond donors (Lipinski definition) is 1. The molecule has 0 saturated carbocycles. The molecule has 1 aliphatic rings. The summed E-state index contributed by atoms with van der Waals surface area (Å²) >= 11 is 0. The summed E-state index contributed by atoms with van der Waals surface area (Å²) in [6, 6.07) is 4.91. The molecule has 1 unspecified atom stereocenters. The van der Waals surface area contributed by atoms with Gasteiger partial charge in [0.15, 0.2) is 0 Å². The molecule has 2 heterocycles. The van der Waals surface area contributed by atoms with E-state index in [1.54, 1.807) is 7.11 Å². The smallest absolute Gasteiger partial charge is 0.128 e. The van der Waals surface area contributed by atoms with Crippen LogP contribution in [0.1, 0.15) is 12.0 Å². The fourth-order valence-corrected chi connectivity index (χ4v) is 2.51. The van der Waals surface area contributed by atoms with Crippen molar-refractivity contribution in [3.63, 3.8) is 0 Å². The van der Waals surface area contributed by atoms with Gasteiger partial charge in [0.25, 0.3) is 0 Å². The molecule has 1 aliphatic heterocycles. The van der Waals surface area contributed by atoms with Gasteiger partial charge in [0.1, 0.15) is 5.82 Å². The van der Waals surface area contributed by atoms with Gasteiger partial charge in [-0.3, -0.25) is 4.90 Å². The number of hydrogen-bond acceptors (Lipinski definition) is 5. The molecule has 0 bridgehead atoms. The maximum absolute atomic E-state index is 5.09. The number of nitrogens with one attached hydrogen (secondary N) is 1. The van der Waals surface area contributed by atoms with Crippen LogP contribution < -0.4 is 10.2 Å². The molecule has 1 aromatic heterocycles. The normalized spacial score (nSPS) is 18.7. The van der Waals surface area contributed by atoms with Gasteiger partial charge in [0, 0.05) is 46.0 Å². The second-order valence-electron chi connectivity index (χ2n) is 5.50. The molecular formula is C15H26N4O. The Morgan fingerprint density at radius 1 is 1.40 bits per heavy atom. The maximum atomic E-state index is 5.09. The van der Waals surface area contributed by atoms with Crippen molar-refractivity contribution < 1.29 is 4.74 Å². The third-order valence-electron chi connectivity index (χ3n) is 3.92. The van der Waals surface area contributed by atoms with Crippen molar-refractivity contribution in [2.75, 3.05) is 52.3 Å². The van der Waals surface area contributed by atoms with Crippen molar-refractivity contribution in [3.8, 4) is 0 Å². The lowest BCUT2D eigenvalue weighted by molar-refractivity contribution is 0.206. The molecule has 5 nitrogen and oxygen atoms in total. The molecule has 1 aromatic rings. The minimum Gasteiger partial charge on any atom is -0.383 e. The van der Waals surface area contributed by atoms with Crippen LogP contribution in [0.4, 0.5) is 5.82 Å². The fourth-order valence-electron chi connectivity index (χ4n) is 2.51. The number of rotatable bonds is 7. The van der Waals surface area contributed by atoms with E-state index in [0.717, 1.165) is 38.6 Å². The number of nitrogens with zero attached hydrogens (tertiary/aromatic N) is 3. The van der Waals surface area contributed by atoms with Gasteiger partial charge in [-0.15, -0.1) is 0 Å². The van der Waals surface area contributed by atoms with Crippen LogP contribution >= 0.6 is 0 Å². The van der Waals surface area contributed by atoms with E-state index in [2.05, 4.69) is 39.3 Å². The Kier molecular flexibility index (Phi) is 5.76. The van der Waals surface area contributed by atoms with E-state index >= 15 is 0 Å². The first-order chi connectivity index (χ1) is 9.70. The molecule has 0 radical (unpaired) electrons. The van der Waals surface area contributed by atoms with Crippen LogP contribution in [-0.4, -0.2) is 63.4 Å². The number of pyridine rings is 1. The second-order valence-corrected chi connectivity index (χ2v) is 5.50. The van der Waals surface area contributed by atoms with Gasteiger partial charge in [0.05, 0.1) is 6.61 Å². The van der Waals surface area contributed by atoms with Gasteiger partial charge < -0.3 is 15.0 Å². The standard InChI is InChI=1S/C15H26N4O/c1-18(8-9-20-3)15-5-4-13(10-17-15)12-19(2)14-6-7-16-11-14/h4-5,10,14,16H,6-9,11-12H2,1-3H3. The van der Waals surface area contributed by atoms with Crippen molar-refractivity contribution in [1.29, 1.82) is 0 Å². The first-order valence-electron chi connectivity index (χ1n) is 7.26. The second kappa shape index (κ2) is 7.57. The van der Waals surface area contributed by atoms with Crippen LogP contribution in [-0.2, 0) is 11.3 Å². The molecule has 1 atom stereocenters. The maximum Gasteiger partial charge on any atom is 0.128 e. The van der Waals surface area contributed by atoms with Crippen molar-refractivity contribution in [1.82, 2.24) is 15.2 Å². The zero-order chi connectivity index (χ0) is 14.4. The minimum absolute atomic E-state index is 0.652. The molecule has 1 fully saturated rings. The third-order valence-corrected chi connectivity index (χ3v) is 3.92. The van der Waals surface area contributed by atoms with Gasteiger partial charge in [-0.2, -0.15) is 0 Å². The highest BCUT2D eigenvalue weighted by molar-refractivity contribution is 5.38. The van der Waals surface area contributed by atoms with E-state index in [1.165, 1.54) is 12.0 Å². The van der Waals surface area contributed by atoms with Crippen LogP contribution in [0.2, 0.25) is 0 Å². The lowest BCUT2D eigenvalue weighted by Gasteiger charge is -2.23. The summed E-state index contributed by atoms with van der Waals surface area (Å²) in [4.78, 5) is 9.06. The Morgan fingerprint density at radius 3 is 2.85 bits per heavy atom. The Hall–Kier alpha value is -1.17. The number of methoxy groups -OCH3 is 1. The summed E-state index contributed by atoms with van der Waals surface area (Å²) in [5.41, 5.74) is 1.27. The molecule has 0 amide bonds. The molecule has 1 saturated heterocycles. The molecule has 112 valence electrons. The molecular weight excluding hydrogens is 252 g/mol. The first-order valence-corrected chi connectivity index (χ1v) is 7.26. The van der Waals surface area contributed by atoms with E-state index in [4.69, 9.17) is 4.74 Å². The summed E-state index contributed by atoms with van der Waals surface area (Å²) < 4.78 is 5.09. The average molecular weight is 278 g/mol. The SMILES string of the molecule is COCCN(C)c1ccc(CN(C)C2CCNC2)cn1. The van der Waals surface area contributed by atoms with Crippen molar-refractivity contribution in [2.24, 2.45) is 0 Å². The molecule has 0 aliphatic carbocycles. The highest BCUT2D eigenvalue weighted by Crippen LogP contribution is 2.13. The zero-order valence-corrected chi connectivity index (χ0v) is 12.8. The van der Waals surface area contributed by atoms with Gasteiger partial charge in [-0.05, 0) is 31.6 Å². The average Bonchev–Trinajstić information content (AvgIpc) is 3.00. The molecule has 20 heavy (non-hydrogen) atoms. The van der Waals surface area contributed by atoms with Crippen LogP contribution in [0.15, 0.2) is 18.3 Å². The Morgan fingerprint density at radius 2 is 2.25 bits per heavy atom. The molecule has 2 rings (SSSR count). The number of likely N-dealkylation sites (N-methyl/N-ethyl adjacent to an activating group) is 2. The summed E-state index contributed by atoms with van der Waals surface area (Å²) in [6.45, 7) is 4.77. The summed E-state index contributed by atoms with van der Waals surface area (Å²) in [5, 5.41) is 3.41. The number of aromatic nitrogens is 1. The lowest BCUT2D eigenvalue weighted by atomic mass is 10.2. The van der Waals surface area contributed by atoms with Crippen LogP contribution in [0, 0.1) is 0 Å².